The van der Waals surface area contributed by atoms with Crippen molar-refractivity contribution in [3.05, 3.63) is 95.8 Å². The molecular formula is C24H25N3O5S. The van der Waals surface area contributed by atoms with E-state index in [0.717, 1.165) is 11.1 Å². The molecule has 1 aliphatic heterocycles. The van der Waals surface area contributed by atoms with Gasteiger partial charge in [-0.3, -0.25) is 14.5 Å². The summed E-state index contributed by atoms with van der Waals surface area (Å²) in [7, 11) is -3.57. The lowest BCUT2D eigenvalue weighted by Gasteiger charge is -2.40. The summed E-state index contributed by atoms with van der Waals surface area (Å²) in [5.41, 5.74) is 2.77. The molecule has 0 radical (unpaired) electrons. The molecular weight excluding hydrogens is 442 g/mol. The number of carbonyl (C=O) groups excluding carboxylic acids is 1. The van der Waals surface area contributed by atoms with E-state index in [1.807, 2.05) is 18.2 Å². The van der Waals surface area contributed by atoms with Crippen LogP contribution in [0.4, 0.5) is 5.69 Å². The first-order chi connectivity index (χ1) is 15.9. The number of anilines is 1. The summed E-state index contributed by atoms with van der Waals surface area (Å²) < 4.78 is 33.3. The van der Waals surface area contributed by atoms with Gasteiger partial charge in [0.25, 0.3) is 0 Å². The number of aliphatic hydroxyl groups excluding tert-OH is 1. The minimum absolute atomic E-state index is 0.0995. The molecule has 0 spiro atoms. The van der Waals surface area contributed by atoms with Gasteiger partial charge in [-0.2, -0.15) is 0 Å². The van der Waals surface area contributed by atoms with Crippen molar-refractivity contribution in [2.45, 2.75) is 24.4 Å². The zero-order valence-corrected chi connectivity index (χ0v) is 18.7. The van der Waals surface area contributed by atoms with E-state index in [1.54, 1.807) is 65.8 Å². The van der Waals surface area contributed by atoms with Crippen molar-refractivity contribution in [3.8, 4) is 0 Å². The molecule has 0 unspecified atom stereocenters. The molecule has 2 aromatic carbocycles. The Hall–Kier alpha value is -3.27. The lowest BCUT2D eigenvalue weighted by atomic mass is 9.98. The Balaban J connectivity index is 1.47. The quantitative estimate of drug-likeness (QED) is 0.527. The highest BCUT2D eigenvalue weighted by molar-refractivity contribution is 7.91. The van der Waals surface area contributed by atoms with Crippen LogP contribution in [-0.4, -0.2) is 48.6 Å². The number of nitrogens with zero attached hydrogens (tertiary/aromatic N) is 2. The Morgan fingerprint density at radius 3 is 2.36 bits per heavy atom. The van der Waals surface area contributed by atoms with Crippen LogP contribution < -0.4 is 4.72 Å². The summed E-state index contributed by atoms with van der Waals surface area (Å²) in [4.78, 5) is 18.1. The molecule has 4 rings (SSSR count). The van der Waals surface area contributed by atoms with Crippen LogP contribution in [0.25, 0.3) is 0 Å². The van der Waals surface area contributed by atoms with E-state index >= 15 is 0 Å². The van der Waals surface area contributed by atoms with Crippen LogP contribution in [0.15, 0.2) is 79.1 Å². The first-order valence-corrected chi connectivity index (χ1v) is 12.2. The van der Waals surface area contributed by atoms with Crippen LogP contribution in [0.5, 0.6) is 0 Å². The molecule has 2 atom stereocenters. The number of rotatable bonds is 8. The SMILES string of the molecule is O=C1CO[C@H](c2ccc(NS(=O)(=O)Cc3ccccc3)cc2)[C@@H](CO)N1Cc1ccncc1. The summed E-state index contributed by atoms with van der Waals surface area (Å²) in [6.45, 7) is -0.0333. The van der Waals surface area contributed by atoms with Gasteiger partial charge in [0.2, 0.25) is 15.9 Å². The summed E-state index contributed by atoms with van der Waals surface area (Å²) >= 11 is 0. The van der Waals surface area contributed by atoms with Crippen molar-refractivity contribution >= 4 is 21.6 Å². The van der Waals surface area contributed by atoms with Gasteiger partial charge in [-0.15, -0.1) is 0 Å². The number of hydrogen-bond donors (Lipinski definition) is 2. The van der Waals surface area contributed by atoms with Gasteiger partial charge in [0.05, 0.1) is 18.4 Å². The average Bonchev–Trinajstić information content (AvgIpc) is 2.81. The zero-order valence-electron chi connectivity index (χ0n) is 17.9. The lowest BCUT2D eigenvalue weighted by molar-refractivity contribution is -0.162. The fourth-order valence-electron chi connectivity index (χ4n) is 3.86. The second-order valence-corrected chi connectivity index (χ2v) is 9.55. The summed E-state index contributed by atoms with van der Waals surface area (Å²) in [6, 6.07) is 18.8. The van der Waals surface area contributed by atoms with Gasteiger partial charge in [-0.05, 0) is 41.0 Å². The third-order valence-electron chi connectivity index (χ3n) is 5.46. The molecule has 0 aliphatic carbocycles. The number of morpholine rings is 1. The van der Waals surface area contributed by atoms with Gasteiger partial charge in [0, 0.05) is 24.6 Å². The van der Waals surface area contributed by atoms with Crippen molar-refractivity contribution in [1.29, 1.82) is 0 Å². The fourth-order valence-corrected chi connectivity index (χ4v) is 5.06. The van der Waals surface area contributed by atoms with Crippen molar-refractivity contribution in [3.63, 3.8) is 0 Å². The molecule has 1 fully saturated rings. The first-order valence-electron chi connectivity index (χ1n) is 10.5. The average molecular weight is 468 g/mol. The molecule has 0 bridgehead atoms. The van der Waals surface area contributed by atoms with Crippen molar-refractivity contribution < 1.29 is 23.1 Å². The van der Waals surface area contributed by atoms with E-state index in [1.165, 1.54) is 0 Å². The van der Waals surface area contributed by atoms with Crippen LogP contribution >= 0.6 is 0 Å². The maximum Gasteiger partial charge on any atom is 0.249 e. The molecule has 2 N–H and O–H groups in total. The molecule has 33 heavy (non-hydrogen) atoms. The van der Waals surface area contributed by atoms with E-state index in [0.29, 0.717) is 17.8 Å². The summed E-state index contributed by atoms with van der Waals surface area (Å²) in [5, 5.41) is 10.1. The predicted molar refractivity (Wildman–Crippen MR) is 123 cm³/mol. The number of sulfonamides is 1. The number of amides is 1. The molecule has 9 heteroatoms. The molecule has 1 saturated heterocycles. The Morgan fingerprint density at radius 2 is 1.70 bits per heavy atom. The predicted octanol–water partition coefficient (Wildman–Crippen LogP) is 2.48. The highest BCUT2D eigenvalue weighted by Gasteiger charge is 2.37. The van der Waals surface area contributed by atoms with E-state index in [9.17, 15) is 18.3 Å². The number of hydrogen-bond acceptors (Lipinski definition) is 6. The zero-order chi connectivity index (χ0) is 23.3. The molecule has 1 amide bonds. The van der Waals surface area contributed by atoms with Gasteiger partial charge < -0.3 is 14.7 Å². The monoisotopic (exact) mass is 467 g/mol. The standard InChI is InChI=1S/C24H25N3O5S/c28-15-22-24(32-16-23(29)27(22)14-18-10-12-25-13-11-18)20-6-8-21(9-7-20)26-33(30,31)17-19-4-2-1-3-5-19/h1-13,22,24,26,28H,14-17H2/t22-,24-/m1/s1. The molecule has 3 aromatic rings. The fraction of sp³-hybridized carbons (Fsp3) is 0.250. The Morgan fingerprint density at radius 1 is 1.00 bits per heavy atom. The lowest BCUT2D eigenvalue weighted by Crippen LogP contribution is -2.52. The van der Waals surface area contributed by atoms with E-state index in [4.69, 9.17) is 4.74 Å². The van der Waals surface area contributed by atoms with Gasteiger partial charge in [0.1, 0.15) is 12.7 Å². The van der Waals surface area contributed by atoms with Crippen LogP contribution in [0, 0.1) is 0 Å². The van der Waals surface area contributed by atoms with Crippen LogP contribution in [0.2, 0.25) is 0 Å². The van der Waals surface area contributed by atoms with Crippen LogP contribution in [0.1, 0.15) is 22.8 Å². The van der Waals surface area contributed by atoms with E-state index < -0.39 is 22.2 Å². The van der Waals surface area contributed by atoms with E-state index in [-0.39, 0.29) is 24.9 Å². The number of pyridine rings is 1. The van der Waals surface area contributed by atoms with Gasteiger partial charge in [0.15, 0.2) is 0 Å². The van der Waals surface area contributed by atoms with Crippen molar-refractivity contribution in [2.75, 3.05) is 17.9 Å². The molecule has 1 aromatic heterocycles. The van der Waals surface area contributed by atoms with Crippen molar-refractivity contribution in [2.24, 2.45) is 0 Å². The van der Waals surface area contributed by atoms with Crippen molar-refractivity contribution in [1.82, 2.24) is 9.88 Å². The largest absolute Gasteiger partial charge is 0.394 e. The smallest absolute Gasteiger partial charge is 0.249 e. The number of carbonyl (C=O) groups is 1. The Kier molecular flexibility index (Phi) is 7.02. The number of nitrogens with one attached hydrogen (secondary N) is 1. The highest BCUT2D eigenvalue weighted by Crippen LogP contribution is 2.31. The highest BCUT2D eigenvalue weighted by atomic mass is 32.2. The maximum atomic E-state index is 12.5. The van der Waals surface area contributed by atoms with Crippen LogP contribution in [-0.2, 0) is 31.9 Å². The third-order valence-corrected chi connectivity index (χ3v) is 6.72. The molecule has 8 nitrogen and oxygen atoms in total. The van der Waals surface area contributed by atoms with Gasteiger partial charge >= 0.3 is 0 Å². The molecule has 172 valence electrons. The van der Waals surface area contributed by atoms with E-state index in [2.05, 4.69) is 9.71 Å². The second kappa shape index (κ2) is 10.1. The number of ether oxygens (including phenoxy) is 1. The third kappa shape index (κ3) is 5.75. The summed E-state index contributed by atoms with van der Waals surface area (Å²) in [5.74, 6) is -0.326. The number of aliphatic hydroxyl groups is 1. The minimum atomic E-state index is -3.57. The number of aromatic nitrogens is 1. The minimum Gasteiger partial charge on any atom is -0.394 e. The topological polar surface area (TPSA) is 109 Å². The molecule has 1 aliphatic rings. The van der Waals surface area contributed by atoms with Gasteiger partial charge in [-0.1, -0.05) is 42.5 Å². The molecule has 2 heterocycles. The Labute approximate surface area is 192 Å². The first kappa shape index (κ1) is 22.9. The maximum absolute atomic E-state index is 12.5. The Bertz CT molecular complexity index is 1170. The molecule has 0 saturated carbocycles. The normalized spacial score (nSPS) is 18.8. The second-order valence-electron chi connectivity index (χ2n) is 7.83. The summed E-state index contributed by atoms with van der Waals surface area (Å²) in [6.07, 6.45) is 2.77. The van der Waals surface area contributed by atoms with Gasteiger partial charge in [-0.25, -0.2) is 8.42 Å². The number of benzene rings is 2. The van der Waals surface area contributed by atoms with Crippen LogP contribution in [0.3, 0.4) is 0 Å².